The van der Waals surface area contributed by atoms with Gasteiger partial charge in [-0.05, 0) is 24.6 Å². The van der Waals surface area contributed by atoms with E-state index in [1.807, 2.05) is 0 Å². The molecule has 0 spiro atoms. The van der Waals surface area contributed by atoms with Crippen molar-refractivity contribution in [3.05, 3.63) is 83.0 Å². The average Bonchev–Trinajstić information content (AvgIpc) is 2.51. The number of alkyl halides is 2. The summed E-state index contributed by atoms with van der Waals surface area (Å²) in [5.41, 5.74) is -2.61. The second kappa shape index (κ2) is 7.42. The SMILES string of the molecule is C=C(F)C(=CC)c1cc(F)c(C(F)(F)Oc2cc(F)c(F)c(F)c2)c(F)c1. The molecular weight excluding hydrogens is 384 g/mol. The van der Waals surface area contributed by atoms with Gasteiger partial charge in [-0.2, -0.15) is 8.78 Å². The highest BCUT2D eigenvalue weighted by molar-refractivity contribution is 5.76. The van der Waals surface area contributed by atoms with Crippen LogP contribution in [0.1, 0.15) is 18.1 Å². The molecule has 0 radical (unpaired) electrons. The second-order valence-corrected chi connectivity index (χ2v) is 5.24. The van der Waals surface area contributed by atoms with Gasteiger partial charge in [0.25, 0.3) is 0 Å². The normalized spacial score (nSPS) is 12.3. The molecule has 27 heavy (non-hydrogen) atoms. The maximum atomic E-state index is 14.2. The van der Waals surface area contributed by atoms with Gasteiger partial charge in [-0.1, -0.05) is 12.7 Å². The van der Waals surface area contributed by atoms with Crippen molar-refractivity contribution in [2.45, 2.75) is 13.0 Å². The van der Waals surface area contributed by atoms with E-state index >= 15 is 0 Å². The minimum Gasteiger partial charge on any atom is -0.429 e. The molecule has 144 valence electrons. The molecule has 2 aromatic rings. The van der Waals surface area contributed by atoms with Gasteiger partial charge in [0, 0.05) is 17.7 Å². The van der Waals surface area contributed by atoms with Crippen LogP contribution >= 0.6 is 0 Å². The first kappa shape index (κ1) is 20.5. The zero-order chi connectivity index (χ0) is 20.5. The number of halogens is 8. The van der Waals surface area contributed by atoms with Crippen LogP contribution in [0.2, 0.25) is 0 Å². The summed E-state index contributed by atoms with van der Waals surface area (Å²) in [6, 6.07) is 1.01. The largest absolute Gasteiger partial charge is 0.432 e. The molecule has 0 fully saturated rings. The predicted molar refractivity (Wildman–Crippen MR) is 81.1 cm³/mol. The van der Waals surface area contributed by atoms with Gasteiger partial charge >= 0.3 is 6.11 Å². The molecule has 2 rings (SSSR count). The Labute approximate surface area is 148 Å². The quantitative estimate of drug-likeness (QED) is 0.324. The molecule has 0 aliphatic heterocycles. The van der Waals surface area contributed by atoms with Crippen LogP contribution in [0.25, 0.3) is 5.57 Å². The van der Waals surface area contributed by atoms with Crippen molar-refractivity contribution in [2.24, 2.45) is 0 Å². The van der Waals surface area contributed by atoms with E-state index in [-0.39, 0.29) is 17.7 Å². The summed E-state index contributed by atoms with van der Waals surface area (Å²) in [6.45, 7) is 4.29. The summed E-state index contributed by atoms with van der Waals surface area (Å²) in [5.74, 6) is -11.5. The van der Waals surface area contributed by atoms with E-state index < -0.39 is 57.9 Å². The minimum absolute atomic E-state index is 0.0848. The highest BCUT2D eigenvalue weighted by Crippen LogP contribution is 2.37. The minimum atomic E-state index is -4.72. The Morgan fingerprint density at radius 2 is 1.41 bits per heavy atom. The molecule has 0 amide bonds. The highest BCUT2D eigenvalue weighted by Gasteiger charge is 2.41. The molecule has 0 heterocycles. The zero-order valence-corrected chi connectivity index (χ0v) is 13.5. The van der Waals surface area contributed by atoms with Gasteiger partial charge in [-0.3, -0.25) is 0 Å². The molecule has 9 heteroatoms. The van der Waals surface area contributed by atoms with E-state index in [9.17, 15) is 35.1 Å². The van der Waals surface area contributed by atoms with Gasteiger partial charge in [0.2, 0.25) is 0 Å². The summed E-state index contributed by atoms with van der Waals surface area (Å²) in [7, 11) is 0. The third-order valence-electron chi connectivity index (χ3n) is 3.43. The van der Waals surface area contributed by atoms with Crippen molar-refractivity contribution < 1.29 is 39.9 Å². The number of hydrogen-bond donors (Lipinski definition) is 0. The van der Waals surface area contributed by atoms with E-state index in [1.54, 1.807) is 0 Å². The first-order chi connectivity index (χ1) is 12.5. The molecule has 0 N–H and O–H groups in total. The van der Waals surface area contributed by atoms with Crippen LogP contribution in [0, 0.1) is 29.1 Å². The van der Waals surface area contributed by atoms with Crippen molar-refractivity contribution in [3.8, 4) is 5.75 Å². The topological polar surface area (TPSA) is 9.23 Å². The summed E-state index contributed by atoms with van der Waals surface area (Å²) in [5, 5.41) is 0. The molecule has 0 unspecified atom stereocenters. The standard InChI is InChI=1S/C18H10F8O/c1-3-11(8(2)19)9-4-12(20)16(13(21)5-9)18(25,26)27-10-6-14(22)17(24)15(23)7-10/h3-7H,2H2,1H3. The molecule has 0 aromatic heterocycles. The van der Waals surface area contributed by atoms with Gasteiger partial charge < -0.3 is 4.74 Å². The molecule has 1 nitrogen and oxygen atoms in total. The molecule has 2 aromatic carbocycles. The van der Waals surface area contributed by atoms with Gasteiger partial charge in [0.1, 0.15) is 28.8 Å². The third-order valence-corrected chi connectivity index (χ3v) is 3.43. The molecule has 0 atom stereocenters. The summed E-state index contributed by atoms with van der Waals surface area (Å²) < 4.78 is 113. The second-order valence-electron chi connectivity index (χ2n) is 5.24. The average molecular weight is 394 g/mol. The van der Waals surface area contributed by atoms with E-state index in [1.165, 1.54) is 6.92 Å². The first-order valence-electron chi connectivity index (χ1n) is 7.20. The Balaban J connectivity index is 2.48. The van der Waals surface area contributed by atoms with Crippen molar-refractivity contribution >= 4 is 5.57 Å². The number of ether oxygens (including phenoxy) is 1. The van der Waals surface area contributed by atoms with Crippen LogP contribution in [-0.2, 0) is 6.11 Å². The van der Waals surface area contributed by atoms with Crippen LogP contribution in [0.5, 0.6) is 5.75 Å². The van der Waals surface area contributed by atoms with Gasteiger partial charge in [-0.25, -0.2) is 26.3 Å². The van der Waals surface area contributed by atoms with Crippen LogP contribution in [0.3, 0.4) is 0 Å². The van der Waals surface area contributed by atoms with Gasteiger partial charge in [0.05, 0.1) is 0 Å². The van der Waals surface area contributed by atoms with Gasteiger partial charge in [0.15, 0.2) is 17.5 Å². The van der Waals surface area contributed by atoms with Crippen molar-refractivity contribution in [1.29, 1.82) is 0 Å². The van der Waals surface area contributed by atoms with Crippen molar-refractivity contribution in [3.63, 3.8) is 0 Å². The highest BCUT2D eigenvalue weighted by atomic mass is 19.3. The van der Waals surface area contributed by atoms with E-state index in [0.29, 0.717) is 12.1 Å². The fraction of sp³-hybridized carbons (Fsp3) is 0.111. The fourth-order valence-corrected chi connectivity index (χ4v) is 2.28. The predicted octanol–water partition coefficient (Wildman–Crippen LogP) is 6.40. The fourth-order valence-electron chi connectivity index (χ4n) is 2.28. The lowest BCUT2D eigenvalue weighted by atomic mass is 10.0. The van der Waals surface area contributed by atoms with Crippen LogP contribution in [0.15, 0.2) is 42.7 Å². The lowest BCUT2D eigenvalue weighted by molar-refractivity contribution is -0.189. The van der Waals surface area contributed by atoms with Gasteiger partial charge in [-0.15, -0.1) is 0 Å². The molecule has 0 saturated heterocycles. The lowest BCUT2D eigenvalue weighted by Gasteiger charge is -2.20. The number of allylic oxidation sites excluding steroid dienone is 3. The van der Waals surface area contributed by atoms with Crippen molar-refractivity contribution in [1.82, 2.24) is 0 Å². The van der Waals surface area contributed by atoms with E-state index in [4.69, 9.17) is 0 Å². The number of hydrogen-bond acceptors (Lipinski definition) is 1. The Kier molecular flexibility index (Phi) is 5.62. The molecule has 0 aliphatic carbocycles. The van der Waals surface area contributed by atoms with E-state index in [0.717, 1.165) is 6.08 Å². The lowest BCUT2D eigenvalue weighted by Crippen LogP contribution is -2.25. The molecule has 0 aliphatic rings. The number of rotatable bonds is 5. The Bertz CT molecular complexity index is 887. The zero-order valence-electron chi connectivity index (χ0n) is 13.5. The van der Waals surface area contributed by atoms with Crippen molar-refractivity contribution in [2.75, 3.05) is 0 Å². The van der Waals surface area contributed by atoms with Crippen LogP contribution in [-0.4, -0.2) is 0 Å². The maximum Gasteiger partial charge on any atom is 0.432 e. The molecule has 0 bridgehead atoms. The van der Waals surface area contributed by atoms with Crippen LogP contribution < -0.4 is 4.74 Å². The van der Waals surface area contributed by atoms with Crippen LogP contribution in [0.4, 0.5) is 35.1 Å². The molecular formula is C18H10F8O. The summed E-state index contributed by atoms with van der Waals surface area (Å²) in [6.07, 6.45) is -3.60. The molecule has 0 saturated carbocycles. The smallest absolute Gasteiger partial charge is 0.429 e. The number of benzene rings is 2. The third kappa shape index (κ3) is 4.12. The Morgan fingerprint density at radius 3 is 1.81 bits per heavy atom. The summed E-state index contributed by atoms with van der Waals surface area (Å²) in [4.78, 5) is 0. The first-order valence-corrected chi connectivity index (χ1v) is 7.20. The summed E-state index contributed by atoms with van der Waals surface area (Å²) >= 11 is 0. The Morgan fingerprint density at radius 1 is 0.926 bits per heavy atom. The Hall–Kier alpha value is -2.84. The maximum absolute atomic E-state index is 14.2. The monoisotopic (exact) mass is 394 g/mol. The van der Waals surface area contributed by atoms with E-state index in [2.05, 4.69) is 11.3 Å².